The van der Waals surface area contributed by atoms with Crippen molar-refractivity contribution in [2.75, 3.05) is 19.6 Å². The Hall–Kier alpha value is -2.74. The molecule has 182 valence electrons. The number of nitrogens with one attached hydrogen (secondary N) is 1. The fourth-order valence-electron chi connectivity index (χ4n) is 5.75. The molecule has 6 rings (SSSR count). The summed E-state index contributed by atoms with van der Waals surface area (Å²) in [6.45, 7) is 7.11. The van der Waals surface area contributed by atoms with Gasteiger partial charge in [-0.15, -0.1) is 13.2 Å². The van der Waals surface area contributed by atoms with Crippen LogP contribution >= 0.6 is 0 Å². The van der Waals surface area contributed by atoms with E-state index in [-0.39, 0.29) is 23.3 Å². The molecule has 0 spiro atoms. The number of hydrogen-bond donors (Lipinski definition) is 1. The lowest BCUT2D eigenvalue weighted by Gasteiger charge is -2.43. The van der Waals surface area contributed by atoms with Gasteiger partial charge in [-0.1, -0.05) is 50.2 Å². The molecule has 2 aromatic rings. The molecule has 2 atom stereocenters. The minimum Gasteiger partial charge on any atom is -0.445 e. The van der Waals surface area contributed by atoms with Crippen molar-refractivity contribution in [1.29, 1.82) is 0 Å². The van der Waals surface area contributed by atoms with Gasteiger partial charge in [-0.25, -0.2) is 4.79 Å². The van der Waals surface area contributed by atoms with E-state index in [1.165, 1.54) is 12.1 Å². The maximum Gasteiger partial charge on any atom is 0.573 e. The number of para-hydroxylation sites is 1. The van der Waals surface area contributed by atoms with Crippen LogP contribution in [0.3, 0.4) is 0 Å². The minimum absolute atomic E-state index is 0.0658. The van der Waals surface area contributed by atoms with Crippen molar-refractivity contribution < 1.29 is 27.4 Å². The molecule has 0 saturated carbocycles. The summed E-state index contributed by atoms with van der Waals surface area (Å²) in [6, 6.07) is 11.5. The van der Waals surface area contributed by atoms with Crippen LogP contribution in [0.15, 0.2) is 42.5 Å². The van der Waals surface area contributed by atoms with Gasteiger partial charge >= 0.3 is 12.5 Å². The van der Waals surface area contributed by atoms with Crippen LogP contribution in [-0.4, -0.2) is 43.1 Å². The number of carbonyl (C=O) groups excluding carboxylic acids is 1. The monoisotopic (exact) mass is 474 g/mol. The van der Waals surface area contributed by atoms with Crippen LogP contribution in [0.25, 0.3) is 11.1 Å². The van der Waals surface area contributed by atoms with Gasteiger partial charge < -0.3 is 14.8 Å². The average molecular weight is 475 g/mol. The van der Waals surface area contributed by atoms with Gasteiger partial charge in [0.25, 0.3) is 0 Å². The molecule has 5 nitrogen and oxygen atoms in total. The molecule has 2 aromatic carbocycles. The van der Waals surface area contributed by atoms with E-state index < -0.39 is 12.5 Å². The second-order valence-corrected chi connectivity index (χ2v) is 10.2. The molecular formula is C26H29F3N2O3. The Morgan fingerprint density at radius 1 is 1.12 bits per heavy atom. The van der Waals surface area contributed by atoms with Gasteiger partial charge in [0.05, 0.1) is 6.04 Å². The Morgan fingerprint density at radius 3 is 2.53 bits per heavy atom. The number of fused-ring (bicyclic) bond motifs is 4. The third-order valence-electron chi connectivity index (χ3n) is 7.44. The first-order valence-electron chi connectivity index (χ1n) is 11.8. The molecule has 1 aliphatic carbocycles. The molecule has 3 aliphatic heterocycles. The van der Waals surface area contributed by atoms with Crippen molar-refractivity contribution in [3.63, 3.8) is 0 Å². The van der Waals surface area contributed by atoms with E-state index in [0.29, 0.717) is 23.5 Å². The number of benzene rings is 2. The van der Waals surface area contributed by atoms with Crippen LogP contribution in [0.5, 0.6) is 5.75 Å². The van der Waals surface area contributed by atoms with Crippen LogP contribution in [-0.2, 0) is 10.2 Å². The molecular weight excluding hydrogens is 445 g/mol. The first-order valence-corrected chi connectivity index (χ1v) is 11.8. The molecule has 1 N–H and O–H groups in total. The normalized spacial score (nSPS) is 27.2. The zero-order valence-electron chi connectivity index (χ0n) is 19.3. The summed E-state index contributed by atoms with van der Waals surface area (Å²) in [4.78, 5) is 15.1. The summed E-state index contributed by atoms with van der Waals surface area (Å²) < 4.78 is 48.7. The Kier molecular flexibility index (Phi) is 5.74. The van der Waals surface area contributed by atoms with Gasteiger partial charge in [-0.2, -0.15) is 0 Å². The first kappa shape index (κ1) is 23.0. The lowest BCUT2D eigenvalue weighted by Crippen LogP contribution is -2.52. The summed E-state index contributed by atoms with van der Waals surface area (Å²) in [5.41, 5.74) is 2.71. The molecule has 2 bridgehead atoms. The van der Waals surface area contributed by atoms with E-state index in [1.807, 2.05) is 12.1 Å². The van der Waals surface area contributed by atoms with E-state index in [4.69, 9.17) is 4.74 Å². The van der Waals surface area contributed by atoms with E-state index in [2.05, 4.69) is 28.8 Å². The fourth-order valence-corrected chi connectivity index (χ4v) is 5.75. The van der Waals surface area contributed by atoms with E-state index in [9.17, 15) is 18.0 Å². The highest BCUT2D eigenvalue weighted by atomic mass is 19.4. The summed E-state index contributed by atoms with van der Waals surface area (Å²) >= 11 is 0. The van der Waals surface area contributed by atoms with Crippen molar-refractivity contribution in [3.05, 3.63) is 53.6 Å². The standard InChI is InChI=1S/C26H29F3N2O3/c1-25(2)14-21(30-24(32)33-23-15-31-11-9-16(23)10-12-31)19-8-7-17(13-20(19)25)18-5-3-4-6-22(18)34-26(27,28)29/h3-8,13,16,21,23H,9-12,14-15H2,1-2H3,(H,30,32)/t21?,23-/m1/s1. The maximum atomic E-state index is 12.9. The van der Waals surface area contributed by atoms with E-state index in [0.717, 1.165) is 43.6 Å². The Bertz CT molecular complexity index is 1080. The predicted molar refractivity (Wildman–Crippen MR) is 122 cm³/mol. The number of nitrogens with zero attached hydrogens (tertiary/aromatic N) is 1. The lowest BCUT2D eigenvalue weighted by atomic mass is 9.85. The number of rotatable bonds is 4. The van der Waals surface area contributed by atoms with E-state index >= 15 is 0 Å². The molecule has 3 saturated heterocycles. The molecule has 1 amide bonds. The second kappa shape index (κ2) is 8.48. The van der Waals surface area contributed by atoms with Crippen molar-refractivity contribution in [2.24, 2.45) is 5.92 Å². The number of amides is 1. The van der Waals surface area contributed by atoms with E-state index in [1.54, 1.807) is 18.2 Å². The van der Waals surface area contributed by atoms with Crippen molar-refractivity contribution in [2.45, 2.75) is 57.0 Å². The number of ether oxygens (including phenoxy) is 2. The van der Waals surface area contributed by atoms with Gasteiger partial charge in [0.2, 0.25) is 0 Å². The lowest BCUT2D eigenvalue weighted by molar-refractivity contribution is -0.274. The molecule has 8 heteroatoms. The molecule has 3 heterocycles. The van der Waals surface area contributed by atoms with Crippen molar-refractivity contribution in [3.8, 4) is 16.9 Å². The minimum atomic E-state index is -4.77. The van der Waals surface area contributed by atoms with Gasteiger partial charge in [-0.3, -0.25) is 4.90 Å². The molecule has 0 aromatic heterocycles. The predicted octanol–water partition coefficient (Wildman–Crippen LogP) is 5.80. The maximum absolute atomic E-state index is 12.9. The summed E-state index contributed by atoms with van der Waals surface area (Å²) in [5.74, 6) is 0.200. The second-order valence-electron chi connectivity index (χ2n) is 10.2. The topological polar surface area (TPSA) is 50.8 Å². The van der Waals surface area contributed by atoms with Gasteiger partial charge in [0.15, 0.2) is 0 Å². The fraction of sp³-hybridized carbons (Fsp3) is 0.500. The zero-order chi connectivity index (χ0) is 24.1. The zero-order valence-corrected chi connectivity index (χ0v) is 19.3. The highest BCUT2D eigenvalue weighted by Gasteiger charge is 2.40. The van der Waals surface area contributed by atoms with Gasteiger partial charge in [0, 0.05) is 12.1 Å². The largest absolute Gasteiger partial charge is 0.573 e. The molecule has 1 unspecified atom stereocenters. The summed E-state index contributed by atoms with van der Waals surface area (Å²) in [5, 5.41) is 3.05. The molecule has 3 fully saturated rings. The smallest absolute Gasteiger partial charge is 0.445 e. The third kappa shape index (κ3) is 4.60. The number of hydrogen-bond acceptors (Lipinski definition) is 4. The van der Waals surface area contributed by atoms with Gasteiger partial charge in [-0.05, 0) is 66.4 Å². The summed E-state index contributed by atoms with van der Waals surface area (Å²) in [6.07, 6.45) is -2.42. The van der Waals surface area contributed by atoms with Crippen LogP contribution in [0, 0.1) is 5.92 Å². The molecule has 4 aliphatic rings. The Labute approximate surface area is 197 Å². The van der Waals surface area contributed by atoms with Crippen molar-refractivity contribution >= 4 is 6.09 Å². The molecule has 34 heavy (non-hydrogen) atoms. The highest BCUT2D eigenvalue weighted by Crippen LogP contribution is 2.47. The third-order valence-corrected chi connectivity index (χ3v) is 7.44. The highest BCUT2D eigenvalue weighted by molar-refractivity contribution is 5.73. The Balaban J connectivity index is 1.35. The first-order chi connectivity index (χ1) is 16.1. The number of alkyl carbamates (subject to hydrolysis) is 1. The number of halogens is 3. The van der Waals surface area contributed by atoms with Crippen LogP contribution in [0.1, 0.15) is 50.3 Å². The number of alkyl halides is 3. The SMILES string of the molecule is CC1(C)CC(NC(=O)O[C@@H]2CN3CCC2CC3)c2ccc(-c3ccccc3OC(F)(F)F)cc21. The molecule has 0 radical (unpaired) electrons. The van der Waals surface area contributed by atoms with Crippen LogP contribution < -0.4 is 10.1 Å². The average Bonchev–Trinajstić information content (AvgIpc) is 3.03. The quantitative estimate of drug-likeness (QED) is 0.609. The van der Waals surface area contributed by atoms with Gasteiger partial charge in [0.1, 0.15) is 11.9 Å². The number of carbonyl (C=O) groups is 1. The summed E-state index contributed by atoms with van der Waals surface area (Å²) in [7, 11) is 0. The van der Waals surface area contributed by atoms with Crippen LogP contribution in [0.4, 0.5) is 18.0 Å². The number of piperidine rings is 3. The van der Waals surface area contributed by atoms with Crippen LogP contribution in [0.2, 0.25) is 0 Å². The Morgan fingerprint density at radius 2 is 1.85 bits per heavy atom. The van der Waals surface area contributed by atoms with Crippen molar-refractivity contribution in [1.82, 2.24) is 10.2 Å².